The van der Waals surface area contributed by atoms with E-state index in [1.165, 1.54) is 7.11 Å². The normalized spacial score (nSPS) is 11.6. The van der Waals surface area contributed by atoms with Crippen LogP contribution in [-0.2, 0) is 14.3 Å². The summed E-state index contributed by atoms with van der Waals surface area (Å²) in [5.74, 6) is -0.831. The van der Waals surface area contributed by atoms with Crippen molar-refractivity contribution in [1.29, 1.82) is 0 Å². The molecule has 0 radical (unpaired) electrons. The van der Waals surface area contributed by atoms with Crippen LogP contribution in [0.2, 0.25) is 0 Å². The number of amides is 1. The van der Waals surface area contributed by atoms with Crippen LogP contribution in [-0.4, -0.2) is 30.8 Å². The molecule has 0 unspecified atom stereocenters. The molecule has 0 aliphatic heterocycles. The Balaban J connectivity index is 2.81. The second kappa shape index (κ2) is 8.32. The highest BCUT2D eigenvalue weighted by molar-refractivity contribution is 5.97. The second-order valence-corrected chi connectivity index (χ2v) is 5.36. The zero-order valence-electron chi connectivity index (χ0n) is 13.6. The summed E-state index contributed by atoms with van der Waals surface area (Å²) >= 11 is 0. The van der Waals surface area contributed by atoms with Crippen molar-refractivity contribution >= 4 is 17.7 Å². The van der Waals surface area contributed by atoms with Gasteiger partial charge in [-0.15, -0.1) is 0 Å². The first-order chi connectivity index (χ1) is 10.4. The minimum atomic E-state index is -0.811. The number of hydrogen-bond donors (Lipinski definition) is 1. The molecule has 0 aliphatic rings. The topological polar surface area (TPSA) is 72.5 Å². The van der Waals surface area contributed by atoms with Gasteiger partial charge in [0.1, 0.15) is 11.8 Å². The molecule has 1 amide bonds. The quantitative estimate of drug-likeness (QED) is 0.785. The van der Waals surface area contributed by atoms with Crippen molar-refractivity contribution in [3.63, 3.8) is 0 Å². The summed E-state index contributed by atoms with van der Waals surface area (Å²) in [6.45, 7) is 5.58. The van der Waals surface area contributed by atoms with Gasteiger partial charge in [-0.3, -0.25) is 9.59 Å². The SMILES string of the molecule is CCC(=O)CC[C@H](NC(=O)c1cc(C)cc(C)c1)C(=O)OC. The predicted molar refractivity (Wildman–Crippen MR) is 83.7 cm³/mol. The number of carbonyl (C=O) groups excluding carboxylic acids is 3. The van der Waals surface area contributed by atoms with Gasteiger partial charge in [0.05, 0.1) is 7.11 Å². The Labute approximate surface area is 131 Å². The Morgan fingerprint density at radius 2 is 1.73 bits per heavy atom. The number of aryl methyl sites for hydroxylation is 2. The fourth-order valence-electron chi connectivity index (χ4n) is 2.22. The number of carbonyl (C=O) groups is 3. The third-order valence-corrected chi connectivity index (χ3v) is 3.38. The Bertz CT molecular complexity index is 546. The first-order valence-electron chi connectivity index (χ1n) is 7.36. The van der Waals surface area contributed by atoms with E-state index in [4.69, 9.17) is 4.74 Å². The van der Waals surface area contributed by atoms with E-state index >= 15 is 0 Å². The fraction of sp³-hybridized carbons (Fsp3) is 0.471. The highest BCUT2D eigenvalue weighted by atomic mass is 16.5. The van der Waals surface area contributed by atoms with Crippen molar-refractivity contribution in [3.05, 3.63) is 34.9 Å². The van der Waals surface area contributed by atoms with Crippen LogP contribution in [0.3, 0.4) is 0 Å². The van der Waals surface area contributed by atoms with Gasteiger partial charge in [-0.1, -0.05) is 24.1 Å². The van der Waals surface area contributed by atoms with Gasteiger partial charge in [-0.25, -0.2) is 4.79 Å². The zero-order valence-corrected chi connectivity index (χ0v) is 13.6. The number of rotatable bonds is 7. The number of methoxy groups -OCH3 is 1. The zero-order chi connectivity index (χ0) is 16.7. The molecule has 1 aromatic rings. The summed E-state index contributed by atoms with van der Waals surface area (Å²) in [4.78, 5) is 35.5. The summed E-state index contributed by atoms with van der Waals surface area (Å²) in [6, 6.07) is 4.67. The molecule has 5 heteroatoms. The van der Waals surface area contributed by atoms with Gasteiger partial charge in [0.2, 0.25) is 0 Å². The van der Waals surface area contributed by atoms with E-state index in [9.17, 15) is 14.4 Å². The smallest absolute Gasteiger partial charge is 0.328 e. The first kappa shape index (κ1) is 17.9. The Hall–Kier alpha value is -2.17. The summed E-state index contributed by atoms with van der Waals surface area (Å²) in [7, 11) is 1.26. The minimum Gasteiger partial charge on any atom is -0.467 e. The highest BCUT2D eigenvalue weighted by Gasteiger charge is 2.22. The van der Waals surface area contributed by atoms with Crippen LogP contribution in [0, 0.1) is 13.8 Å². The molecule has 1 aromatic carbocycles. The van der Waals surface area contributed by atoms with Gasteiger partial charge in [-0.2, -0.15) is 0 Å². The number of Topliss-reactive ketones (excluding diaryl/α,β-unsaturated/α-hetero) is 1. The summed E-state index contributed by atoms with van der Waals surface area (Å²) < 4.78 is 4.70. The maximum atomic E-state index is 12.3. The number of ether oxygens (including phenoxy) is 1. The largest absolute Gasteiger partial charge is 0.467 e. The number of nitrogens with one attached hydrogen (secondary N) is 1. The molecule has 0 fully saturated rings. The number of hydrogen-bond acceptors (Lipinski definition) is 4. The van der Waals surface area contributed by atoms with E-state index < -0.39 is 12.0 Å². The van der Waals surface area contributed by atoms with Crippen LogP contribution in [0.5, 0.6) is 0 Å². The van der Waals surface area contributed by atoms with Crippen LogP contribution in [0.1, 0.15) is 47.7 Å². The van der Waals surface area contributed by atoms with Crippen LogP contribution in [0.15, 0.2) is 18.2 Å². The second-order valence-electron chi connectivity index (χ2n) is 5.36. The van der Waals surface area contributed by atoms with Crippen LogP contribution >= 0.6 is 0 Å². The summed E-state index contributed by atoms with van der Waals surface area (Å²) in [5, 5.41) is 2.65. The van der Waals surface area contributed by atoms with Crippen molar-refractivity contribution in [3.8, 4) is 0 Å². The highest BCUT2D eigenvalue weighted by Crippen LogP contribution is 2.10. The van der Waals surface area contributed by atoms with E-state index in [-0.39, 0.29) is 24.5 Å². The lowest BCUT2D eigenvalue weighted by molar-refractivity contribution is -0.143. The molecule has 1 N–H and O–H groups in total. The molecule has 0 aromatic heterocycles. The third kappa shape index (κ3) is 5.31. The molecule has 0 saturated carbocycles. The maximum Gasteiger partial charge on any atom is 0.328 e. The van der Waals surface area contributed by atoms with Gasteiger partial charge in [0.15, 0.2) is 0 Å². The number of ketones is 1. The summed E-state index contributed by atoms with van der Waals surface area (Å²) in [6.07, 6.45) is 0.901. The van der Waals surface area contributed by atoms with E-state index in [2.05, 4.69) is 5.32 Å². The molecular formula is C17H23NO4. The molecule has 0 spiro atoms. The van der Waals surface area contributed by atoms with Gasteiger partial charge < -0.3 is 10.1 Å². The molecule has 22 heavy (non-hydrogen) atoms. The Kier molecular flexibility index (Phi) is 6.76. The molecule has 0 heterocycles. The predicted octanol–water partition coefficient (Wildman–Crippen LogP) is 2.33. The fourth-order valence-corrected chi connectivity index (χ4v) is 2.22. The van der Waals surface area contributed by atoms with E-state index in [1.807, 2.05) is 19.9 Å². The van der Waals surface area contributed by atoms with E-state index in [1.54, 1.807) is 19.1 Å². The third-order valence-electron chi connectivity index (χ3n) is 3.38. The molecule has 0 aliphatic carbocycles. The average molecular weight is 305 g/mol. The van der Waals surface area contributed by atoms with Gasteiger partial charge in [-0.05, 0) is 32.4 Å². The molecule has 0 bridgehead atoms. The average Bonchev–Trinajstić information content (AvgIpc) is 2.48. The first-order valence-corrected chi connectivity index (χ1v) is 7.36. The van der Waals surface area contributed by atoms with Crippen molar-refractivity contribution < 1.29 is 19.1 Å². The lowest BCUT2D eigenvalue weighted by Crippen LogP contribution is -2.41. The Morgan fingerprint density at radius 3 is 2.23 bits per heavy atom. The molecule has 1 rings (SSSR count). The molecule has 120 valence electrons. The lowest BCUT2D eigenvalue weighted by atomic mass is 10.0. The molecular weight excluding hydrogens is 282 g/mol. The molecule has 5 nitrogen and oxygen atoms in total. The number of benzene rings is 1. The van der Waals surface area contributed by atoms with Crippen molar-refractivity contribution in [2.75, 3.05) is 7.11 Å². The van der Waals surface area contributed by atoms with E-state index in [0.717, 1.165) is 11.1 Å². The lowest BCUT2D eigenvalue weighted by Gasteiger charge is -2.16. The minimum absolute atomic E-state index is 0.0505. The van der Waals surface area contributed by atoms with Crippen LogP contribution in [0.4, 0.5) is 0 Å². The summed E-state index contributed by atoms with van der Waals surface area (Å²) in [5.41, 5.74) is 2.44. The standard InChI is InChI=1S/C17H23NO4/c1-5-14(19)6-7-15(17(21)22-4)18-16(20)13-9-11(2)8-12(3)10-13/h8-10,15H,5-7H2,1-4H3,(H,18,20)/t15-/m0/s1. The van der Waals surface area contributed by atoms with Crippen molar-refractivity contribution in [2.24, 2.45) is 0 Å². The van der Waals surface area contributed by atoms with Crippen LogP contribution < -0.4 is 5.32 Å². The van der Waals surface area contributed by atoms with Crippen LogP contribution in [0.25, 0.3) is 0 Å². The van der Waals surface area contributed by atoms with E-state index in [0.29, 0.717) is 12.0 Å². The van der Waals surface area contributed by atoms with Crippen molar-refractivity contribution in [2.45, 2.75) is 46.1 Å². The maximum absolute atomic E-state index is 12.3. The molecule has 0 saturated heterocycles. The van der Waals surface area contributed by atoms with Gasteiger partial charge >= 0.3 is 5.97 Å². The van der Waals surface area contributed by atoms with Gasteiger partial charge in [0.25, 0.3) is 5.91 Å². The monoisotopic (exact) mass is 305 g/mol. The van der Waals surface area contributed by atoms with Crippen molar-refractivity contribution in [1.82, 2.24) is 5.32 Å². The van der Waals surface area contributed by atoms with Gasteiger partial charge in [0, 0.05) is 18.4 Å². The molecule has 1 atom stereocenters. The number of esters is 1. The Morgan fingerprint density at radius 1 is 1.14 bits per heavy atom.